The number of benzene rings is 2. The minimum Gasteiger partial charge on any atom is -0.381 e. The van der Waals surface area contributed by atoms with Gasteiger partial charge in [-0.05, 0) is 35.6 Å². The van der Waals surface area contributed by atoms with Crippen LogP contribution in [0.15, 0.2) is 54.6 Å². The van der Waals surface area contributed by atoms with Gasteiger partial charge in [0.2, 0.25) is 5.91 Å². The van der Waals surface area contributed by atoms with Crippen LogP contribution in [0.25, 0.3) is 11.1 Å². The quantitative estimate of drug-likeness (QED) is 0.858. The molecule has 0 spiro atoms. The lowest BCUT2D eigenvalue weighted by atomic mass is 9.80. The van der Waals surface area contributed by atoms with E-state index < -0.39 is 5.41 Å². The van der Waals surface area contributed by atoms with Crippen LogP contribution in [0.5, 0.6) is 0 Å². The lowest BCUT2D eigenvalue weighted by Crippen LogP contribution is -2.44. The van der Waals surface area contributed by atoms with Crippen LogP contribution in [0.4, 0.5) is 0 Å². The van der Waals surface area contributed by atoms with E-state index in [1.807, 2.05) is 30.3 Å². The summed E-state index contributed by atoms with van der Waals surface area (Å²) in [6.07, 6.45) is 0.938. The summed E-state index contributed by atoms with van der Waals surface area (Å²) in [6.45, 7) is 1.43. The first-order valence-electron chi connectivity index (χ1n) is 8.53. The van der Waals surface area contributed by atoms with Crippen LogP contribution in [0, 0.1) is 16.7 Å². The van der Waals surface area contributed by atoms with Gasteiger partial charge in [-0.25, -0.2) is 0 Å². The second-order valence-corrected chi connectivity index (χ2v) is 6.53. The van der Waals surface area contributed by atoms with Crippen molar-refractivity contribution < 1.29 is 9.53 Å². The van der Waals surface area contributed by atoms with Crippen LogP contribution >= 0.6 is 0 Å². The summed E-state index contributed by atoms with van der Waals surface area (Å²) < 4.78 is 5.32. The Hall–Kier alpha value is -2.64. The van der Waals surface area contributed by atoms with Gasteiger partial charge in [0, 0.05) is 26.8 Å². The van der Waals surface area contributed by atoms with Crippen molar-refractivity contribution in [2.24, 2.45) is 5.41 Å². The SMILES string of the molecule is CN(Cc1cccc(-c2ccccc2)c1)C(=O)C1(C#N)CCOCC1. The molecule has 2 aromatic rings. The molecule has 0 radical (unpaired) electrons. The Morgan fingerprint density at radius 2 is 1.80 bits per heavy atom. The maximum atomic E-state index is 12.9. The van der Waals surface area contributed by atoms with Gasteiger partial charge in [-0.2, -0.15) is 5.26 Å². The van der Waals surface area contributed by atoms with E-state index in [-0.39, 0.29) is 5.91 Å². The average molecular weight is 334 g/mol. The fourth-order valence-electron chi connectivity index (χ4n) is 3.28. The van der Waals surface area contributed by atoms with E-state index in [0.29, 0.717) is 32.6 Å². The summed E-state index contributed by atoms with van der Waals surface area (Å²) in [7, 11) is 1.77. The second kappa shape index (κ2) is 7.50. The molecule has 0 saturated carbocycles. The molecule has 0 bridgehead atoms. The summed E-state index contributed by atoms with van der Waals surface area (Å²) in [5, 5.41) is 9.57. The molecule has 0 unspecified atom stereocenters. The number of carbonyl (C=O) groups excluding carboxylic acids is 1. The highest BCUT2D eigenvalue weighted by Crippen LogP contribution is 2.32. The molecule has 1 aliphatic heterocycles. The van der Waals surface area contributed by atoms with Gasteiger partial charge in [-0.3, -0.25) is 4.79 Å². The number of rotatable bonds is 4. The smallest absolute Gasteiger partial charge is 0.243 e. The van der Waals surface area contributed by atoms with Crippen molar-refractivity contribution in [2.75, 3.05) is 20.3 Å². The molecule has 1 aliphatic rings. The summed E-state index contributed by atoms with van der Waals surface area (Å²) in [4.78, 5) is 14.5. The van der Waals surface area contributed by atoms with Crippen molar-refractivity contribution in [1.29, 1.82) is 5.26 Å². The fourth-order valence-corrected chi connectivity index (χ4v) is 3.28. The molecule has 1 heterocycles. The minimum absolute atomic E-state index is 0.108. The lowest BCUT2D eigenvalue weighted by Gasteiger charge is -2.33. The van der Waals surface area contributed by atoms with E-state index in [4.69, 9.17) is 4.74 Å². The van der Waals surface area contributed by atoms with E-state index in [2.05, 4.69) is 30.3 Å². The first kappa shape index (κ1) is 17.2. The van der Waals surface area contributed by atoms with Gasteiger partial charge in [0.05, 0.1) is 6.07 Å². The highest BCUT2D eigenvalue weighted by atomic mass is 16.5. The summed E-state index contributed by atoms with van der Waals surface area (Å²) in [5.41, 5.74) is 2.39. The third-order valence-corrected chi connectivity index (χ3v) is 4.77. The van der Waals surface area contributed by atoms with Gasteiger partial charge in [-0.1, -0.05) is 48.5 Å². The molecular formula is C21H22N2O2. The third kappa shape index (κ3) is 3.72. The summed E-state index contributed by atoms with van der Waals surface area (Å²) >= 11 is 0. The Labute approximate surface area is 148 Å². The maximum absolute atomic E-state index is 12.9. The van der Waals surface area contributed by atoms with E-state index in [1.165, 1.54) is 0 Å². The molecule has 0 atom stereocenters. The number of hydrogen-bond acceptors (Lipinski definition) is 3. The van der Waals surface area contributed by atoms with Crippen molar-refractivity contribution in [3.63, 3.8) is 0 Å². The molecule has 1 fully saturated rings. The molecule has 2 aromatic carbocycles. The molecule has 0 N–H and O–H groups in total. The normalized spacial score (nSPS) is 16.0. The van der Waals surface area contributed by atoms with Crippen molar-refractivity contribution in [3.8, 4) is 17.2 Å². The number of amides is 1. The van der Waals surface area contributed by atoms with E-state index in [9.17, 15) is 10.1 Å². The van der Waals surface area contributed by atoms with Crippen LogP contribution in [0.1, 0.15) is 18.4 Å². The van der Waals surface area contributed by atoms with Crippen molar-refractivity contribution >= 4 is 5.91 Å². The minimum atomic E-state index is -0.940. The molecule has 4 nitrogen and oxygen atoms in total. The zero-order valence-corrected chi connectivity index (χ0v) is 14.4. The number of carbonyl (C=O) groups is 1. The second-order valence-electron chi connectivity index (χ2n) is 6.53. The average Bonchev–Trinajstić information content (AvgIpc) is 2.68. The number of nitrogens with zero attached hydrogens (tertiary/aromatic N) is 2. The highest BCUT2D eigenvalue weighted by molar-refractivity contribution is 5.85. The summed E-state index contributed by atoms with van der Waals surface area (Å²) in [5.74, 6) is -0.108. The van der Waals surface area contributed by atoms with Crippen LogP contribution < -0.4 is 0 Å². The lowest BCUT2D eigenvalue weighted by molar-refractivity contribution is -0.142. The standard InChI is InChI=1S/C21H22N2O2/c1-23(20(24)21(16-22)10-12-25-13-11-21)15-17-6-5-9-19(14-17)18-7-3-2-4-8-18/h2-9,14H,10-13,15H2,1H3. The monoisotopic (exact) mass is 334 g/mol. The first-order chi connectivity index (χ1) is 12.1. The van der Waals surface area contributed by atoms with E-state index >= 15 is 0 Å². The Morgan fingerprint density at radius 3 is 2.48 bits per heavy atom. The zero-order chi connectivity index (χ0) is 17.7. The maximum Gasteiger partial charge on any atom is 0.243 e. The van der Waals surface area contributed by atoms with E-state index in [0.717, 1.165) is 16.7 Å². The van der Waals surface area contributed by atoms with Gasteiger partial charge >= 0.3 is 0 Å². The molecule has 0 aromatic heterocycles. The van der Waals surface area contributed by atoms with Gasteiger partial charge in [0.25, 0.3) is 0 Å². The molecule has 128 valence electrons. The van der Waals surface area contributed by atoms with Gasteiger partial charge in [-0.15, -0.1) is 0 Å². The largest absolute Gasteiger partial charge is 0.381 e. The summed E-state index contributed by atoms with van der Waals surface area (Å²) in [6, 6.07) is 20.6. The zero-order valence-electron chi connectivity index (χ0n) is 14.4. The number of nitriles is 1. The number of hydrogen-bond donors (Lipinski definition) is 0. The molecule has 1 saturated heterocycles. The highest BCUT2D eigenvalue weighted by Gasteiger charge is 2.42. The van der Waals surface area contributed by atoms with Crippen molar-refractivity contribution in [3.05, 3.63) is 60.2 Å². The van der Waals surface area contributed by atoms with Gasteiger partial charge in [0.1, 0.15) is 5.41 Å². The van der Waals surface area contributed by atoms with Crippen LogP contribution in [-0.4, -0.2) is 31.1 Å². The molecule has 4 heteroatoms. The number of ether oxygens (including phenoxy) is 1. The Morgan fingerprint density at radius 1 is 1.12 bits per heavy atom. The van der Waals surface area contributed by atoms with Crippen molar-refractivity contribution in [1.82, 2.24) is 4.90 Å². The predicted molar refractivity (Wildman–Crippen MR) is 96.5 cm³/mol. The van der Waals surface area contributed by atoms with E-state index in [1.54, 1.807) is 11.9 Å². The van der Waals surface area contributed by atoms with Crippen LogP contribution in [-0.2, 0) is 16.1 Å². The molecular weight excluding hydrogens is 312 g/mol. The third-order valence-electron chi connectivity index (χ3n) is 4.77. The van der Waals surface area contributed by atoms with Gasteiger partial charge < -0.3 is 9.64 Å². The first-order valence-corrected chi connectivity index (χ1v) is 8.53. The van der Waals surface area contributed by atoms with Crippen LogP contribution in [0.3, 0.4) is 0 Å². The Balaban J connectivity index is 1.76. The predicted octanol–water partition coefficient (Wildman–Crippen LogP) is 3.63. The Bertz CT molecular complexity index is 774. The van der Waals surface area contributed by atoms with Gasteiger partial charge in [0.15, 0.2) is 0 Å². The fraction of sp³-hybridized carbons (Fsp3) is 0.333. The topological polar surface area (TPSA) is 53.3 Å². The van der Waals surface area contributed by atoms with Crippen molar-refractivity contribution in [2.45, 2.75) is 19.4 Å². The molecule has 0 aliphatic carbocycles. The Kier molecular flexibility index (Phi) is 5.16. The van der Waals surface area contributed by atoms with Crippen LogP contribution in [0.2, 0.25) is 0 Å². The molecule has 3 rings (SSSR count). The molecule has 25 heavy (non-hydrogen) atoms. The molecule has 1 amide bonds.